The van der Waals surface area contributed by atoms with Crippen LogP contribution in [-0.4, -0.2) is 12.0 Å². The molecule has 0 aromatic rings. The lowest BCUT2D eigenvalue weighted by atomic mass is 10.2. The number of carbonyl (C=O) groups is 1. The maximum atomic E-state index is 11.1. The monoisotopic (exact) mass is 171 g/mol. The molecule has 0 radical (unpaired) electrons. The highest BCUT2D eigenvalue weighted by Crippen LogP contribution is 2.01. The van der Waals surface area contributed by atoms with Crippen molar-refractivity contribution in [1.82, 2.24) is 5.48 Å². The molecule has 0 unspecified atom stereocenters. The highest BCUT2D eigenvalue weighted by atomic mass is 16.7. The van der Waals surface area contributed by atoms with Gasteiger partial charge in [-0.25, -0.2) is 5.48 Å². The molecule has 0 saturated carbocycles. The van der Waals surface area contributed by atoms with Crippen LogP contribution >= 0.6 is 0 Å². The first-order valence-electron chi connectivity index (χ1n) is 4.21. The van der Waals surface area contributed by atoms with E-state index in [2.05, 4.69) is 12.1 Å². The number of amides is 1. The minimum absolute atomic E-state index is 0.00313. The van der Waals surface area contributed by atoms with Crippen LogP contribution in [0.15, 0.2) is 12.2 Å². The molecular formula is C9H17NO2. The van der Waals surface area contributed by atoms with Crippen molar-refractivity contribution < 1.29 is 9.63 Å². The molecule has 3 nitrogen and oxygen atoms in total. The smallest absolute Gasteiger partial charge is 0.270 e. The zero-order valence-electron chi connectivity index (χ0n) is 8.02. The van der Waals surface area contributed by atoms with Gasteiger partial charge in [0.05, 0.1) is 6.10 Å². The molecule has 0 bridgehead atoms. The molecule has 0 aromatic carbocycles. The lowest BCUT2D eigenvalue weighted by Gasteiger charge is -2.09. The van der Waals surface area contributed by atoms with Gasteiger partial charge in [0.25, 0.3) is 5.91 Å². The van der Waals surface area contributed by atoms with E-state index in [1.165, 1.54) is 0 Å². The summed E-state index contributed by atoms with van der Waals surface area (Å²) in [4.78, 5) is 16.0. The molecule has 0 aliphatic heterocycles. The fourth-order valence-electron chi connectivity index (χ4n) is 0.659. The summed E-state index contributed by atoms with van der Waals surface area (Å²) in [6.07, 6.45) is 1.64. The molecule has 0 fully saturated rings. The highest BCUT2D eigenvalue weighted by Gasteiger charge is 2.05. The van der Waals surface area contributed by atoms with E-state index >= 15 is 0 Å². The Morgan fingerprint density at radius 3 is 2.58 bits per heavy atom. The van der Waals surface area contributed by atoms with Crippen LogP contribution in [0.3, 0.4) is 0 Å². The maximum absolute atomic E-state index is 11.1. The number of hydrogen-bond acceptors (Lipinski definition) is 2. The molecule has 0 aliphatic rings. The number of carbonyl (C=O) groups excluding carboxylic acids is 1. The van der Waals surface area contributed by atoms with Crippen molar-refractivity contribution in [2.24, 2.45) is 0 Å². The van der Waals surface area contributed by atoms with Crippen LogP contribution < -0.4 is 5.48 Å². The van der Waals surface area contributed by atoms with Crippen LogP contribution in [0.25, 0.3) is 0 Å². The predicted octanol–water partition coefficient (Wildman–Crippen LogP) is 1.80. The Bertz CT molecular complexity index is 164. The van der Waals surface area contributed by atoms with Crippen LogP contribution in [0.5, 0.6) is 0 Å². The van der Waals surface area contributed by atoms with Gasteiger partial charge in [-0.3, -0.25) is 9.63 Å². The van der Waals surface area contributed by atoms with Crippen molar-refractivity contribution >= 4 is 5.91 Å². The van der Waals surface area contributed by atoms with Gasteiger partial charge in [-0.1, -0.05) is 19.9 Å². The molecule has 3 heteroatoms. The second-order valence-electron chi connectivity index (χ2n) is 2.95. The Hall–Kier alpha value is -0.830. The first-order chi connectivity index (χ1) is 5.57. The van der Waals surface area contributed by atoms with Gasteiger partial charge >= 0.3 is 0 Å². The molecule has 0 heterocycles. The summed E-state index contributed by atoms with van der Waals surface area (Å²) in [5, 5.41) is 0. The standard InChI is InChI=1S/C9H17NO2/c1-5-6-8(4)9(11)10-12-7(2)3/h7H,4-6H2,1-3H3,(H,10,11). The van der Waals surface area contributed by atoms with E-state index in [9.17, 15) is 4.79 Å². The van der Waals surface area contributed by atoms with Crippen LogP contribution in [0, 0.1) is 0 Å². The van der Waals surface area contributed by atoms with E-state index in [1.54, 1.807) is 0 Å². The van der Waals surface area contributed by atoms with Crippen molar-refractivity contribution in [2.75, 3.05) is 0 Å². The zero-order chi connectivity index (χ0) is 9.56. The number of rotatable bonds is 5. The van der Waals surface area contributed by atoms with E-state index in [-0.39, 0.29) is 12.0 Å². The molecule has 0 spiro atoms. The topological polar surface area (TPSA) is 38.3 Å². The Labute approximate surface area is 73.7 Å². The fourth-order valence-corrected chi connectivity index (χ4v) is 0.659. The average Bonchev–Trinajstić information content (AvgIpc) is 2.00. The fraction of sp³-hybridized carbons (Fsp3) is 0.667. The highest BCUT2D eigenvalue weighted by molar-refractivity contribution is 5.91. The Morgan fingerprint density at radius 1 is 1.58 bits per heavy atom. The molecule has 1 N–H and O–H groups in total. The van der Waals surface area contributed by atoms with Crippen molar-refractivity contribution in [3.8, 4) is 0 Å². The minimum Gasteiger partial charge on any atom is -0.271 e. The number of hydroxylamine groups is 1. The van der Waals surface area contributed by atoms with Gasteiger partial charge in [-0.15, -0.1) is 0 Å². The van der Waals surface area contributed by atoms with Gasteiger partial charge in [0.1, 0.15) is 0 Å². The normalized spacial score (nSPS) is 10.0. The van der Waals surface area contributed by atoms with E-state index in [4.69, 9.17) is 4.84 Å². The average molecular weight is 171 g/mol. The summed E-state index contributed by atoms with van der Waals surface area (Å²) in [5.74, 6) is -0.217. The third kappa shape index (κ3) is 4.91. The minimum atomic E-state index is -0.217. The quantitative estimate of drug-likeness (QED) is 0.506. The van der Waals surface area contributed by atoms with Gasteiger partial charge in [0.15, 0.2) is 0 Å². The second-order valence-corrected chi connectivity index (χ2v) is 2.95. The molecule has 12 heavy (non-hydrogen) atoms. The lowest BCUT2D eigenvalue weighted by Crippen LogP contribution is -2.27. The predicted molar refractivity (Wildman–Crippen MR) is 48.4 cm³/mol. The van der Waals surface area contributed by atoms with E-state index in [0.717, 1.165) is 6.42 Å². The molecule has 0 atom stereocenters. The van der Waals surface area contributed by atoms with Crippen molar-refractivity contribution in [2.45, 2.75) is 39.7 Å². The number of hydrogen-bond donors (Lipinski definition) is 1. The first-order valence-corrected chi connectivity index (χ1v) is 4.21. The SMILES string of the molecule is C=C(CCC)C(=O)NOC(C)C. The van der Waals surface area contributed by atoms with E-state index in [0.29, 0.717) is 12.0 Å². The summed E-state index contributed by atoms with van der Waals surface area (Å²) in [7, 11) is 0. The summed E-state index contributed by atoms with van der Waals surface area (Å²) in [5.41, 5.74) is 2.90. The molecule has 0 aromatic heterocycles. The summed E-state index contributed by atoms with van der Waals surface area (Å²) < 4.78 is 0. The van der Waals surface area contributed by atoms with Crippen LogP contribution in [0.2, 0.25) is 0 Å². The van der Waals surface area contributed by atoms with E-state index < -0.39 is 0 Å². The summed E-state index contributed by atoms with van der Waals surface area (Å²) in [6, 6.07) is 0. The van der Waals surface area contributed by atoms with Crippen molar-refractivity contribution in [1.29, 1.82) is 0 Å². The van der Waals surface area contributed by atoms with Crippen molar-refractivity contribution in [3.05, 3.63) is 12.2 Å². The Morgan fingerprint density at radius 2 is 2.17 bits per heavy atom. The van der Waals surface area contributed by atoms with Gasteiger partial charge < -0.3 is 0 Å². The van der Waals surface area contributed by atoms with Crippen molar-refractivity contribution in [3.63, 3.8) is 0 Å². The lowest BCUT2D eigenvalue weighted by molar-refractivity contribution is -0.133. The largest absolute Gasteiger partial charge is 0.271 e. The molecule has 1 amide bonds. The van der Waals surface area contributed by atoms with Gasteiger partial charge in [0, 0.05) is 5.57 Å². The molecule has 70 valence electrons. The summed E-state index contributed by atoms with van der Waals surface area (Å²) in [6.45, 7) is 9.33. The van der Waals surface area contributed by atoms with Crippen LogP contribution in [-0.2, 0) is 9.63 Å². The van der Waals surface area contributed by atoms with E-state index in [1.807, 2.05) is 20.8 Å². The first kappa shape index (κ1) is 11.2. The second kappa shape index (κ2) is 5.77. The molecule has 0 rings (SSSR count). The van der Waals surface area contributed by atoms with Crippen LogP contribution in [0.4, 0.5) is 0 Å². The third-order valence-electron chi connectivity index (χ3n) is 1.26. The molecular weight excluding hydrogens is 154 g/mol. The third-order valence-corrected chi connectivity index (χ3v) is 1.26. The summed E-state index contributed by atoms with van der Waals surface area (Å²) >= 11 is 0. The molecule has 0 saturated heterocycles. The van der Waals surface area contributed by atoms with Gasteiger partial charge in [0.2, 0.25) is 0 Å². The van der Waals surface area contributed by atoms with Gasteiger partial charge in [-0.2, -0.15) is 0 Å². The number of nitrogens with one attached hydrogen (secondary N) is 1. The Kier molecular flexibility index (Phi) is 5.37. The maximum Gasteiger partial charge on any atom is 0.270 e. The molecule has 0 aliphatic carbocycles. The van der Waals surface area contributed by atoms with Crippen LogP contribution in [0.1, 0.15) is 33.6 Å². The van der Waals surface area contributed by atoms with Gasteiger partial charge in [-0.05, 0) is 20.3 Å². The zero-order valence-corrected chi connectivity index (χ0v) is 8.02. The Balaban J connectivity index is 3.65.